The van der Waals surface area contributed by atoms with E-state index in [-0.39, 0.29) is 0 Å². The number of pyridine rings is 1. The summed E-state index contributed by atoms with van der Waals surface area (Å²) in [6.07, 6.45) is 4.39. The number of anilines is 2. The monoisotopic (exact) mass is 308 g/mol. The number of hydrogen-bond donors (Lipinski definition) is 2. The van der Waals surface area contributed by atoms with Crippen LogP contribution in [0.3, 0.4) is 0 Å². The summed E-state index contributed by atoms with van der Waals surface area (Å²) in [5.74, 6) is 1.20. The van der Waals surface area contributed by atoms with E-state index in [2.05, 4.69) is 32.7 Å². The van der Waals surface area contributed by atoms with E-state index < -0.39 is 0 Å². The Labute approximate surface area is 136 Å². The molecule has 0 atom stereocenters. The lowest BCUT2D eigenvalue weighted by atomic mass is 10.1. The Morgan fingerprint density at radius 1 is 1.22 bits per heavy atom. The molecule has 0 aliphatic heterocycles. The van der Waals surface area contributed by atoms with Gasteiger partial charge in [0.25, 0.3) is 0 Å². The van der Waals surface area contributed by atoms with Gasteiger partial charge in [-0.25, -0.2) is 4.98 Å². The molecule has 2 rings (SSSR count). The fourth-order valence-corrected chi connectivity index (χ4v) is 2.11. The van der Waals surface area contributed by atoms with Crippen LogP contribution in [-0.4, -0.2) is 31.6 Å². The first kappa shape index (κ1) is 16.3. The molecule has 0 saturated heterocycles. The highest BCUT2D eigenvalue weighted by atomic mass is 15.2. The number of nitriles is 1. The zero-order valence-corrected chi connectivity index (χ0v) is 13.3. The van der Waals surface area contributed by atoms with E-state index in [1.54, 1.807) is 6.20 Å². The molecule has 1 heterocycles. The molecule has 118 valence electrons. The number of guanidine groups is 1. The van der Waals surface area contributed by atoms with Gasteiger partial charge in [-0.1, -0.05) is 30.3 Å². The van der Waals surface area contributed by atoms with Crippen LogP contribution < -0.4 is 15.5 Å². The fraction of sp³-hybridized carbons (Fsp3) is 0.235. The van der Waals surface area contributed by atoms with Gasteiger partial charge < -0.3 is 15.5 Å². The molecule has 0 unspecified atom stereocenters. The molecule has 0 radical (unpaired) electrons. The van der Waals surface area contributed by atoms with Gasteiger partial charge in [-0.15, -0.1) is 4.99 Å². The lowest BCUT2D eigenvalue weighted by Gasteiger charge is -2.18. The molecule has 0 aliphatic carbocycles. The lowest BCUT2D eigenvalue weighted by molar-refractivity contribution is 0.863. The van der Waals surface area contributed by atoms with Crippen molar-refractivity contribution < 1.29 is 0 Å². The maximum atomic E-state index is 8.87. The third-order valence-corrected chi connectivity index (χ3v) is 3.17. The molecule has 0 spiro atoms. The van der Waals surface area contributed by atoms with Gasteiger partial charge in [0, 0.05) is 26.8 Å². The van der Waals surface area contributed by atoms with Gasteiger partial charge in [-0.2, -0.15) is 5.26 Å². The van der Waals surface area contributed by atoms with E-state index in [1.165, 1.54) is 5.56 Å². The van der Waals surface area contributed by atoms with E-state index in [0.29, 0.717) is 12.5 Å². The number of aliphatic imine (C=N–C) groups is 1. The normalized spacial score (nSPS) is 10.7. The van der Waals surface area contributed by atoms with Crippen LogP contribution in [0, 0.1) is 11.5 Å². The molecule has 0 aliphatic rings. The predicted octanol–water partition coefficient (Wildman–Crippen LogP) is 2.23. The van der Waals surface area contributed by atoms with Crippen LogP contribution in [0.15, 0.2) is 53.7 Å². The minimum Gasteiger partial charge on any atom is -0.361 e. The molecule has 6 nitrogen and oxygen atoms in total. The Morgan fingerprint density at radius 2 is 2.00 bits per heavy atom. The maximum Gasteiger partial charge on any atom is 0.211 e. The Balaban J connectivity index is 2.00. The minimum atomic E-state index is 0.416. The number of aromatic nitrogens is 1. The average molecular weight is 308 g/mol. The minimum absolute atomic E-state index is 0.416. The van der Waals surface area contributed by atoms with Gasteiger partial charge in [0.2, 0.25) is 12.2 Å². The van der Waals surface area contributed by atoms with Crippen LogP contribution in [-0.2, 0) is 6.42 Å². The van der Waals surface area contributed by atoms with Crippen molar-refractivity contribution in [3.63, 3.8) is 0 Å². The van der Waals surface area contributed by atoms with Gasteiger partial charge in [-0.05, 0) is 24.1 Å². The highest BCUT2D eigenvalue weighted by Gasteiger charge is 2.07. The molecule has 0 amide bonds. The van der Waals surface area contributed by atoms with Crippen molar-refractivity contribution in [3.05, 3.63) is 54.2 Å². The summed E-state index contributed by atoms with van der Waals surface area (Å²) in [4.78, 5) is 10.0. The van der Waals surface area contributed by atoms with Crippen LogP contribution in [0.2, 0.25) is 0 Å². The first-order valence-corrected chi connectivity index (χ1v) is 7.34. The van der Waals surface area contributed by atoms with Gasteiger partial charge in [-0.3, -0.25) is 0 Å². The Morgan fingerprint density at radius 3 is 2.70 bits per heavy atom. The average Bonchev–Trinajstić information content (AvgIpc) is 2.56. The van der Waals surface area contributed by atoms with Crippen molar-refractivity contribution in [1.82, 2.24) is 10.3 Å². The Bertz CT molecular complexity index is 688. The second-order valence-electron chi connectivity index (χ2n) is 5.12. The lowest BCUT2D eigenvalue weighted by Crippen LogP contribution is -2.32. The summed E-state index contributed by atoms with van der Waals surface area (Å²) in [5.41, 5.74) is 2.02. The van der Waals surface area contributed by atoms with E-state index in [1.807, 2.05) is 55.5 Å². The second kappa shape index (κ2) is 8.39. The Hall–Kier alpha value is -3.07. The van der Waals surface area contributed by atoms with Crippen molar-refractivity contribution in [2.75, 3.05) is 30.9 Å². The molecule has 1 aromatic heterocycles. The topological polar surface area (TPSA) is 76.3 Å². The summed E-state index contributed by atoms with van der Waals surface area (Å²) in [7, 11) is 3.83. The van der Waals surface area contributed by atoms with Crippen molar-refractivity contribution >= 4 is 17.5 Å². The van der Waals surface area contributed by atoms with Crippen LogP contribution in [0.5, 0.6) is 0 Å². The number of nitrogens with one attached hydrogen (secondary N) is 2. The summed E-state index contributed by atoms with van der Waals surface area (Å²) in [5, 5.41) is 15.1. The third kappa shape index (κ3) is 5.00. The maximum absolute atomic E-state index is 8.87. The van der Waals surface area contributed by atoms with E-state index in [9.17, 15) is 0 Å². The molecule has 0 bridgehead atoms. The van der Waals surface area contributed by atoms with Crippen LogP contribution in [0.25, 0.3) is 0 Å². The molecule has 2 aromatic rings. The van der Waals surface area contributed by atoms with Crippen molar-refractivity contribution in [3.8, 4) is 6.19 Å². The first-order chi connectivity index (χ1) is 11.2. The summed E-state index contributed by atoms with van der Waals surface area (Å²) in [6.45, 7) is 0.676. The highest BCUT2D eigenvalue weighted by molar-refractivity contribution is 5.96. The zero-order valence-electron chi connectivity index (χ0n) is 13.3. The second-order valence-corrected chi connectivity index (χ2v) is 5.12. The van der Waals surface area contributed by atoms with Gasteiger partial charge in [0.1, 0.15) is 0 Å². The first-order valence-electron chi connectivity index (χ1n) is 7.34. The number of benzene rings is 1. The Kier molecular flexibility index (Phi) is 5.95. The van der Waals surface area contributed by atoms with Gasteiger partial charge in [0.05, 0.1) is 5.69 Å². The predicted molar refractivity (Wildman–Crippen MR) is 93.4 cm³/mol. The smallest absolute Gasteiger partial charge is 0.211 e. The van der Waals surface area contributed by atoms with Crippen molar-refractivity contribution in [1.29, 1.82) is 5.26 Å². The number of hydrogen-bond acceptors (Lipinski definition) is 4. The van der Waals surface area contributed by atoms with Crippen LogP contribution >= 0.6 is 0 Å². The van der Waals surface area contributed by atoms with Crippen LogP contribution in [0.4, 0.5) is 11.5 Å². The largest absolute Gasteiger partial charge is 0.361 e. The molecule has 0 fully saturated rings. The molecule has 1 aromatic carbocycles. The summed E-state index contributed by atoms with van der Waals surface area (Å²) < 4.78 is 0. The standard InChI is InChI=1S/C17H20N6/c1-23(2)16-15(9-6-11-19-16)22-17(21-13-18)20-12-10-14-7-4-3-5-8-14/h3-9,11H,10,12H2,1-2H3,(H2,20,21,22). The van der Waals surface area contributed by atoms with E-state index in [4.69, 9.17) is 5.26 Å². The zero-order chi connectivity index (χ0) is 16.5. The third-order valence-electron chi connectivity index (χ3n) is 3.17. The molecule has 0 saturated carbocycles. The number of nitrogens with zero attached hydrogens (tertiary/aromatic N) is 4. The van der Waals surface area contributed by atoms with Crippen molar-refractivity contribution in [2.45, 2.75) is 6.42 Å². The highest BCUT2D eigenvalue weighted by Crippen LogP contribution is 2.19. The van der Waals surface area contributed by atoms with Gasteiger partial charge in [0.15, 0.2) is 5.82 Å². The summed E-state index contributed by atoms with van der Waals surface area (Å²) >= 11 is 0. The SMILES string of the molecule is CN(C)c1ncccc1NC(=NC#N)NCCc1ccccc1. The van der Waals surface area contributed by atoms with Crippen LogP contribution in [0.1, 0.15) is 5.56 Å². The van der Waals surface area contributed by atoms with Gasteiger partial charge >= 0.3 is 0 Å². The molecule has 2 N–H and O–H groups in total. The molecule has 23 heavy (non-hydrogen) atoms. The fourth-order valence-electron chi connectivity index (χ4n) is 2.11. The molecular weight excluding hydrogens is 288 g/mol. The summed E-state index contributed by atoms with van der Waals surface area (Å²) in [6, 6.07) is 13.9. The van der Waals surface area contributed by atoms with E-state index in [0.717, 1.165) is 17.9 Å². The molecular formula is C17H20N6. The quantitative estimate of drug-likeness (QED) is 0.503. The van der Waals surface area contributed by atoms with Crippen molar-refractivity contribution in [2.24, 2.45) is 4.99 Å². The number of rotatable bonds is 5. The van der Waals surface area contributed by atoms with E-state index >= 15 is 0 Å². The molecule has 6 heteroatoms.